The molecule has 0 unspecified atom stereocenters. The highest BCUT2D eigenvalue weighted by atomic mass is 32.2. The highest BCUT2D eigenvalue weighted by Crippen LogP contribution is 2.33. The van der Waals surface area contributed by atoms with Crippen LogP contribution in [0.5, 0.6) is 0 Å². The number of benzene rings is 2. The Morgan fingerprint density at radius 1 is 1.13 bits per heavy atom. The Labute approximate surface area is 184 Å². The molecule has 0 spiro atoms. The third-order valence-electron chi connectivity index (χ3n) is 5.77. The molecule has 1 aromatic heterocycles. The summed E-state index contributed by atoms with van der Waals surface area (Å²) >= 11 is 1.75. The second-order valence-electron chi connectivity index (χ2n) is 7.76. The Morgan fingerprint density at radius 2 is 1.87 bits per heavy atom. The van der Waals surface area contributed by atoms with Crippen LogP contribution in [0.15, 0.2) is 58.4 Å². The minimum absolute atomic E-state index is 0.0567. The molecule has 0 atom stereocenters. The van der Waals surface area contributed by atoms with Crippen LogP contribution < -0.4 is 4.72 Å². The van der Waals surface area contributed by atoms with Crippen molar-refractivity contribution in [1.29, 1.82) is 0 Å². The van der Waals surface area contributed by atoms with Gasteiger partial charge in [0.1, 0.15) is 5.84 Å². The Bertz CT molecular complexity index is 1240. The van der Waals surface area contributed by atoms with E-state index in [-0.39, 0.29) is 23.8 Å². The van der Waals surface area contributed by atoms with Crippen LogP contribution in [-0.4, -0.2) is 49.7 Å². The zero-order chi connectivity index (χ0) is 21.4. The average molecular weight is 455 g/mol. The van der Waals surface area contributed by atoms with Gasteiger partial charge in [-0.2, -0.15) is 0 Å². The fraction of sp³-hybridized carbons (Fsp3) is 0.318. The molecule has 160 valence electrons. The molecule has 2 aliphatic rings. The molecule has 1 N–H and O–H groups in total. The van der Waals surface area contributed by atoms with E-state index in [9.17, 15) is 13.2 Å². The van der Waals surface area contributed by atoms with Gasteiger partial charge in [0, 0.05) is 31.0 Å². The molecule has 7 nitrogen and oxygen atoms in total. The standard InChI is InChI=1S/C22H22N4O3S2/c27-20(9-12-23-21-16-5-1-4-8-19(16)31(28,29)25-21)26-13-10-15(11-14-26)22-24-17-6-2-3-7-18(17)30-22/h1-8,15H,9-14H2,(H,23,25). The van der Waals surface area contributed by atoms with E-state index in [4.69, 9.17) is 4.98 Å². The molecule has 0 saturated carbocycles. The summed E-state index contributed by atoms with van der Waals surface area (Å²) in [4.78, 5) is 23.9. The lowest BCUT2D eigenvalue weighted by Crippen LogP contribution is -2.38. The number of likely N-dealkylation sites (tertiary alicyclic amines) is 1. The Kier molecular flexibility index (Phi) is 5.23. The number of para-hydroxylation sites is 1. The van der Waals surface area contributed by atoms with Gasteiger partial charge in [0.2, 0.25) is 5.91 Å². The largest absolute Gasteiger partial charge is 0.343 e. The molecule has 31 heavy (non-hydrogen) atoms. The molecule has 1 saturated heterocycles. The minimum Gasteiger partial charge on any atom is -0.343 e. The number of nitrogens with zero attached hydrogens (tertiary/aromatic N) is 3. The number of thiazole rings is 1. The van der Waals surface area contributed by atoms with Crippen LogP contribution in [-0.2, 0) is 14.8 Å². The summed E-state index contributed by atoms with van der Waals surface area (Å²) in [6.07, 6.45) is 2.08. The SMILES string of the molecule is O=C(CCN=C1NS(=O)(=O)c2ccccc21)N1CCC(c2nc3ccccc3s2)CC1. The number of carbonyl (C=O) groups is 1. The van der Waals surface area contributed by atoms with Crippen molar-refractivity contribution < 1.29 is 13.2 Å². The molecule has 1 fully saturated rings. The van der Waals surface area contributed by atoms with Crippen LogP contribution in [0.25, 0.3) is 10.2 Å². The van der Waals surface area contributed by atoms with Gasteiger partial charge in [0.05, 0.1) is 26.7 Å². The lowest BCUT2D eigenvalue weighted by molar-refractivity contribution is -0.132. The molecule has 9 heteroatoms. The van der Waals surface area contributed by atoms with Crippen LogP contribution in [0.1, 0.15) is 35.8 Å². The van der Waals surface area contributed by atoms with Crippen LogP contribution in [0.4, 0.5) is 0 Å². The number of sulfonamides is 1. The second-order valence-corrected chi connectivity index (χ2v) is 10.5. The van der Waals surface area contributed by atoms with Crippen molar-refractivity contribution in [3.63, 3.8) is 0 Å². The zero-order valence-electron chi connectivity index (χ0n) is 16.8. The molecule has 1 amide bonds. The van der Waals surface area contributed by atoms with Crippen molar-refractivity contribution in [2.45, 2.75) is 30.1 Å². The Hall–Kier alpha value is -2.78. The molecule has 3 heterocycles. The number of aliphatic imine (C=N–C) groups is 1. The van der Waals surface area contributed by atoms with Gasteiger partial charge in [0.15, 0.2) is 0 Å². The van der Waals surface area contributed by atoms with E-state index in [1.807, 2.05) is 23.1 Å². The van der Waals surface area contributed by atoms with E-state index in [0.29, 0.717) is 30.4 Å². The number of carbonyl (C=O) groups excluding carboxylic acids is 1. The number of hydrogen-bond acceptors (Lipinski definition) is 6. The maximum atomic E-state index is 12.6. The van der Waals surface area contributed by atoms with Gasteiger partial charge in [-0.1, -0.05) is 24.3 Å². The van der Waals surface area contributed by atoms with Crippen LogP contribution in [0.3, 0.4) is 0 Å². The van der Waals surface area contributed by atoms with E-state index in [1.54, 1.807) is 35.6 Å². The van der Waals surface area contributed by atoms with E-state index < -0.39 is 10.0 Å². The van der Waals surface area contributed by atoms with E-state index in [2.05, 4.69) is 15.8 Å². The molecule has 5 rings (SSSR count). The van der Waals surface area contributed by atoms with Gasteiger partial charge in [-0.25, -0.2) is 13.4 Å². The predicted octanol–water partition coefficient (Wildman–Crippen LogP) is 3.13. The molecule has 2 aliphatic heterocycles. The summed E-state index contributed by atoms with van der Waals surface area (Å²) < 4.78 is 28.0. The van der Waals surface area contributed by atoms with Gasteiger partial charge < -0.3 is 4.90 Å². The summed E-state index contributed by atoms with van der Waals surface area (Å²) in [6, 6.07) is 14.9. The van der Waals surface area contributed by atoms with E-state index >= 15 is 0 Å². The number of nitrogens with one attached hydrogen (secondary N) is 1. The first-order valence-corrected chi connectivity index (χ1v) is 12.6. The van der Waals surface area contributed by atoms with Crippen molar-refractivity contribution in [3.05, 3.63) is 59.1 Å². The smallest absolute Gasteiger partial charge is 0.263 e. The third kappa shape index (κ3) is 3.95. The number of aromatic nitrogens is 1. The van der Waals surface area contributed by atoms with Crippen molar-refractivity contribution in [1.82, 2.24) is 14.6 Å². The highest BCUT2D eigenvalue weighted by molar-refractivity contribution is 7.90. The Balaban J connectivity index is 1.17. The number of amidine groups is 1. The topological polar surface area (TPSA) is 91.7 Å². The summed E-state index contributed by atoms with van der Waals surface area (Å²) in [5, 5.41) is 1.16. The Morgan fingerprint density at radius 3 is 2.68 bits per heavy atom. The fourth-order valence-corrected chi connectivity index (χ4v) is 6.50. The number of fused-ring (bicyclic) bond motifs is 2. The van der Waals surface area contributed by atoms with Gasteiger partial charge in [0.25, 0.3) is 10.0 Å². The maximum Gasteiger partial charge on any atom is 0.263 e. The number of rotatable bonds is 4. The lowest BCUT2D eigenvalue weighted by atomic mass is 9.97. The molecule has 0 radical (unpaired) electrons. The summed E-state index contributed by atoms with van der Waals surface area (Å²) in [5.74, 6) is 0.769. The second kappa shape index (κ2) is 8.05. The van der Waals surface area contributed by atoms with Gasteiger partial charge in [-0.15, -0.1) is 11.3 Å². The van der Waals surface area contributed by atoms with Gasteiger partial charge in [-0.05, 0) is 37.1 Å². The molecular formula is C22H22N4O3S2. The number of amides is 1. The molecule has 3 aromatic rings. The van der Waals surface area contributed by atoms with Crippen molar-refractivity contribution in [2.24, 2.45) is 4.99 Å². The van der Waals surface area contributed by atoms with Crippen LogP contribution in [0, 0.1) is 0 Å². The monoisotopic (exact) mass is 454 g/mol. The number of piperidine rings is 1. The summed E-state index contributed by atoms with van der Waals surface area (Å²) in [7, 11) is -3.55. The summed E-state index contributed by atoms with van der Waals surface area (Å²) in [5.41, 5.74) is 1.61. The predicted molar refractivity (Wildman–Crippen MR) is 121 cm³/mol. The molecule has 0 aliphatic carbocycles. The van der Waals surface area contributed by atoms with Crippen LogP contribution in [0.2, 0.25) is 0 Å². The fourth-order valence-electron chi connectivity index (χ4n) is 4.11. The first-order chi connectivity index (χ1) is 15.0. The molecular weight excluding hydrogens is 432 g/mol. The minimum atomic E-state index is -3.55. The quantitative estimate of drug-likeness (QED) is 0.656. The third-order valence-corrected chi connectivity index (χ3v) is 8.36. The number of hydrogen-bond donors (Lipinski definition) is 1. The highest BCUT2D eigenvalue weighted by Gasteiger charge is 2.30. The normalized spacial score (nSPS) is 19.5. The van der Waals surface area contributed by atoms with E-state index in [1.165, 1.54) is 4.70 Å². The zero-order valence-corrected chi connectivity index (χ0v) is 18.5. The van der Waals surface area contributed by atoms with Crippen molar-refractivity contribution in [2.75, 3.05) is 19.6 Å². The average Bonchev–Trinajstić information content (AvgIpc) is 3.33. The first kappa shape index (κ1) is 20.1. The van der Waals surface area contributed by atoms with Crippen molar-refractivity contribution >= 4 is 43.3 Å². The maximum absolute atomic E-state index is 12.6. The molecule has 0 bridgehead atoms. The van der Waals surface area contributed by atoms with Gasteiger partial charge >= 0.3 is 0 Å². The lowest BCUT2D eigenvalue weighted by Gasteiger charge is -2.31. The van der Waals surface area contributed by atoms with Gasteiger partial charge in [-0.3, -0.25) is 14.5 Å². The summed E-state index contributed by atoms with van der Waals surface area (Å²) in [6.45, 7) is 1.68. The first-order valence-electron chi connectivity index (χ1n) is 10.3. The van der Waals surface area contributed by atoms with Crippen LogP contribution >= 0.6 is 11.3 Å². The molecule has 2 aromatic carbocycles. The van der Waals surface area contributed by atoms with Crippen molar-refractivity contribution in [3.8, 4) is 0 Å². The van der Waals surface area contributed by atoms with E-state index in [0.717, 1.165) is 23.4 Å².